The van der Waals surface area contributed by atoms with E-state index in [1.807, 2.05) is 0 Å². The van der Waals surface area contributed by atoms with Gasteiger partial charge in [0, 0.05) is 6.04 Å². The largest absolute Gasteiger partial charge is 0.366 e. The summed E-state index contributed by atoms with van der Waals surface area (Å²) >= 11 is 3.95. The van der Waals surface area contributed by atoms with Crippen LogP contribution < -0.4 is 5.23 Å². The Balaban J connectivity index is 1.97. The van der Waals surface area contributed by atoms with Crippen molar-refractivity contribution in [3.8, 4) is 0 Å². The molecule has 0 saturated heterocycles. The standard InChI is InChI=1S/C11H18B2N2OS/c12-10(15(11(16)17)8-3-4-8)9(5-6-14-13)7-1-2-7/h7-10,14H,1-6H2,(H,16,17). The molecule has 0 bridgehead atoms. The number of carbonyl (C=O) groups is 1. The predicted molar refractivity (Wildman–Crippen MR) is 73.4 cm³/mol. The molecule has 0 heterocycles. The molecule has 0 aromatic rings. The van der Waals surface area contributed by atoms with Crippen molar-refractivity contribution in [3.05, 3.63) is 0 Å². The van der Waals surface area contributed by atoms with Crippen LogP contribution in [-0.4, -0.2) is 44.5 Å². The van der Waals surface area contributed by atoms with Gasteiger partial charge in [0.2, 0.25) is 0 Å². The second-order valence-electron chi connectivity index (χ2n) is 5.16. The lowest BCUT2D eigenvalue weighted by molar-refractivity contribution is 0.186. The SMILES string of the molecule is [B]NCCC(C1CC1)C([B])N(C(=O)S)C1CC1. The highest BCUT2D eigenvalue weighted by Gasteiger charge is 2.41. The number of hydrogen-bond donors (Lipinski definition) is 2. The lowest BCUT2D eigenvalue weighted by Crippen LogP contribution is -2.45. The van der Waals surface area contributed by atoms with Crippen LogP contribution in [0.15, 0.2) is 0 Å². The van der Waals surface area contributed by atoms with Crippen LogP contribution in [0.4, 0.5) is 4.79 Å². The van der Waals surface area contributed by atoms with Crippen molar-refractivity contribution in [1.82, 2.24) is 10.1 Å². The van der Waals surface area contributed by atoms with Crippen LogP contribution in [0.3, 0.4) is 0 Å². The van der Waals surface area contributed by atoms with Crippen molar-refractivity contribution in [3.63, 3.8) is 0 Å². The molecule has 4 radical (unpaired) electrons. The zero-order valence-electron chi connectivity index (χ0n) is 10.0. The molecule has 0 aromatic heterocycles. The zero-order chi connectivity index (χ0) is 12.4. The Hall–Kier alpha value is -0.0901. The number of amides is 1. The van der Waals surface area contributed by atoms with Crippen molar-refractivity contribution >= 4 is 33.7 Å². The average Bonchev–Trinajstić information content (AvgIpc) is 3.12. The van der Waals surface area contributed by atoms with Crippen molar-refractivity contribution in [2.75, 3.05) is 6.54 Å². The van der Waals surface area contributed by atoms with Crippen molar-refractivity contribution in [2.24, 2.45) is 11.8 Å². The summed E-state index contributed by atoms with van der Waals surface area (Å²) in [6.45, 7) is 0.744. The van der Waals surface area contributed by atoms with Crippen LogP contribution in [0.1, 0.15) is 32.1 Å². The van der Waals surface area contributed by atoms with Crippen molar-refractivity contribution in [1.29, 1.82) is 0 Å². The van der Waals surface area contributed by atoms with Gasteiger partial charge >= 0.3 is 0 Å². The molecule has 6 heteroatoms. The Morgan fingerprint density at radius 2 is 2.06 bits per heavy atom. The second kappa shape index (κ2) is 5.70. The second-order valence-corrected chi connectivity index (χ2v) is 5.54. The number of carbonyl (C=O) groups excluding carboxylic acids is 1. The minimum absolute atomic E-state index is 0.189. The monoisotopic (exact) mass is 248 g/mol. The van der Waals surface area contributed by atoms with Crippen molar-refractivity contribution < 1.29 is 4.79 Å². The highest BCUT2D eigenvalue weighted by atomic mass is 32.1. The van der Waals surface area contributed by atoms with Gasteiger partial charge in [0.15, 0.2) is 7.98 Å². The topological polar surface area (TPSA) is 32.3 Å². The maximum absolute atomic E-state index is 11.6. The summed E-state index contributed by atoms with van der Waals surface area (Å²) in [6, 6.07) is 0.321. The van der Waals surface area contributed by atoms with Gasteiger partial charge in [-0.2, -0.15) is 0 Å². The van der Waals surface area contributed by atoms with E-state index in [4.69, 9.17) is 15.8 Å². The van der Waals surface area contributed by atoms with Crippen LogP contribution in [-0.2, 0) is 0 Å². The predicted octanol–water partition coefficient (Wildman–Crippen LogP) is 1.08. The van der Waals surface area contributed by atoms with E-state index in [0.29, 0.717) is 17.9 Å². The Kier molecular flexibility index (Phi) is 4.47. The molecule has 17 heavy (non-hydrogen) atoms. The average molecular weight is 248 g/mol. The third-order valence-electron chi connectivity index (χ3n) is 3.77. The highest BCUT2D eigenvalue weighted by molar-refractivity contribution is 7.96. The summed E-state index contributed by atoms with van der Waals surface area (Å²) < 4.78 is 0. The number of hydrogen-bond acceptors (Lipinski definition) is 2. The third kappa shape index (κ3) is 3.44. The molecule has 2 rings (SSSR count). The van der Waals surface area contributed by atoms with Crippen LogP contribution >= 0.6 is 12.6 Å². The normalized spacial score (nSPS) is 23.1. The van der Waals surface area contributed by atoms with E-state index >= 15 is 0 Å². The number of thiol groups is 1. The van der Waals surface area contributed by atoms with Gasteiger partial charge in [-0.25, -0.2) is 0 Å². The first-order valence-electron chi connectivity index (χ1n) is 6.35. The first-order chi connectivity index (χ1) is 8.15. The molecule has 2 fully saturated rings. The number of nitrogens with one attached hydrogen (secondary N) is 1. The Morgan fingerprint density at radius 1 is 1.41 bits per heavy atom. The molecule has 2 saturated carbocycles. The highest BCUT2D eigenvalue weighted by Crippen LogP contribution is 2.42. The van der Waals surface area contributed by atoms with Gasteiger partial charge in [0.25, 0.3) is 5.24 Å². The van der Waals surface area contributed by atoms with E-state index in [-0.39, 0.29) is 11.2 Å². The van der Waals surface area contributed by atoms with Gasteiger partial charge in [-0.05, 0) is 56.4 Å². The summed E-state index contributed by atoms with van der Waals surface area (Å²) in [5, 5.41) is 2.48. The lowest BCUT2D eigenvalue weighted by atomic mass is 9.77. The molecule has 0 aromatic carbocycles. The number of rotatable bonds is 7. The van der Waals surface area contributed by atoms with Gasteiger partial charge in [-0.3, -0.25) is 4.79 Å². The zero-order valence-corrected chi connectivity index (χ0v) is 10.9. The molecule has 2 unspecified atom stereocenters. The summed E-state index contributed by atoms with van der Waals surface area (Å²) in [4.78, 5) is 13.3. The van der Waals surface area contributed by atoms with Crippen molar-refractivity contribution in [2.45, 2.75) is 44.1 Å². The molecule has 1 N–H and O–H groups in total. The molecule has 1 amide bonds. The Morgan fingerprint density at radius 3 is 2.47 bits per heavy atom. The molecule has 2 aliphatic rings. The third-order valence-corrected chi connectivity index (χ3v) is 4.00. The van der Waals surface area contributed by atoms with E-state index in [9.17, 15) is 4.79 Å². The van der Waals surface area contributed by atoms with E-state index in [2.05, 4.69) is 17.9 Å². The lowest BCUT2D eigenvalue weighted by Gasteiger charge is -2.35. The molecular weight excluding hydrogens is 230 g/mol. The quantitative estimate of drug-likeness (QED) is 0.522. The molecule has 2 aliphatic carbocycles. The summed E-state index contributed by atoms with van der Waals surface area (Å²) in [7, 11) is 11.6. The first kappa shape index (κ1) is 13.3. The summed E-state index contributed by atoms with van der Waals surface area (Å²) in [5.74, 6) is 0.809. The van der Waals surface area contributed by atoms with Crippen LogP contribution in [0.5, 0.6) is 0 Å². The molecule has 3 nitrogen and oxygen atoms in total. The van der Waals surface area contributed by atoms with E-state index in [0.717, 1.165) is 25.8 Å². The van der Waals surface area contributed by atoms with Crippen LogP contribution in [0, 0.1) is 11.8 Å². The maximum Gasteiger partial charge on any atom is 0.278 e. The molecular formula is C11H18B2N2OS. The van der Waals surface area contributed by atoms with Crippen LogP contribution in [0.2, 0.25) is 0 Å². The fraction of sp³-hybridized carbons (Fsp3) is 0.909. The van der Waals surface area contributed by atoms with Gasteiger partial charge < -0.3 is 10.1 Å². The minimum atomic E-state index is -0.201. The first-order valence-corrected chi connectivity index (χ1v) is 6.80. The Bertz CT molecular complexity index is 285. The van der Waals surface area contributed by atoms with Gasteiger partial charge in [-0.15, -0.1) is 0 Å². The van der Waals surface area contributed by atoms with Gasteiger partial charge in [0.05, 0.1) is 7.85 Å². The minimum Gasteiger partial charge on any atom is -0.366 e. The summed E-state index contributed by atoms with van der Waals surface area (Å²) in [6.07, 6.45) is 5.50. The smallest absolute Gasteiger partial charge is 0.278 e. The Labute approximate surface area is 111 Å². The van der Waals surface area contributed by atoms with Gasteiger partial charge in [-0.1, -0.05) is 12.6 Å². The number of nitrogens with zero attached hydrogens (tertiary/aromatic N) is 1. The van der Waals surface area contributed by atoms with E-state index < -0.39 is 0 Å². The fourth-order valence-corrected chi connectivity index (χ4v) is 2.84. The maximum atomic E-state index is 11.6. The van der Waals surface area contributed by atoms with E-state index in [1.165, 1.54) is 12.8 Å². The van der Waals surface area contributed by atoms with E-state index in [1.54, 1.807) is 4.90 Å². The molecule has 90 valence electrons. The summed E-state index contributed by atoms with van der Waals surface area (Å²) in [5.41, 5.74) is 0. The molecule has 0 aliphatic heterocycles. The van der Waals surface area contributed by atoms with Crippen LogP contribution in [0.25, 0.3) is 0 Å². The van der Waals surface area contributed by atoms with Gasteiger partial charge in [0.1, 0.15) is 0 Å². The molecule has 2 atom stereocenters. The molecule has 0 spiro atoms. The fourth-order valence-electron chi connectivity index (χ4n) is 2.55.